The lowest BCUT2D eigenvalue weighted by atomic mass is 9.98. The highest BCUT2D eigenvalue weighted by Gasteiger charge is 2.12. The van der Waals surface area contributed by atoms with Gasteiger partial charge in [-0.2, -0.15) is 0 Å². The van der Waals surface area contributed by atoms with Crippen molar-refractivity contribution in [3.05, 3.63) is 60.3 Å². The Kier molecular flexibility index (Phi) is 6.70. The van der Waals surface area contributed by atoms with E-state index < -0.39 is 0 Å². The van der Waals surface area contributed by atoms with Crippen LogP contribution in [0.4, 0.5) is 11.4 Å². The van der Waals surface area contributed by atoms with E-state index in [0.29, 0.717) is 19.0 Å². The van der Waals surface area contributed by atoms with Gasteiger partial charge in [-0.1, -0.05) is 18.2 Å². The summed E-state index contributed by atoms with van der Waals surface area (Å²) in [6, 6.07) is 14.3. The van der Waals surface area contributed by atoms with Crippen LogP contribution in [0.5, 0.6) is 11.5 Å². The molecule has 0 bridgehead atoms. The monoisotopic (exact) mass is 419 g/mol. The van der Waals surface area contributed by atoms with Crippen LogP contribution in [0.25, 0.3) is 16.5 Å². The van der Waals surface area contributed by atoms with Crippen LogP contribution < -0.4 is 14.8 Å². The molecule has 4 rings (SSSR count). The molecule has 0 saturated heterocycles. The number of ether oxygens (including phenoxy) is 3. The van der Waals surface area contributed by atoms with E-state index in [9.17, 15) is 0 Å². The highest BCUT2D eigenvalue weighted by molar-refractivity contribution is 5.95. The van der Waals surface area contributed by atoms with Gasteiger partial charge in [-0.05, 0) is 48.9 Å². The number of aromatic nitrogens is 1. The smallest absolute Gasteiger partial charge is 0.145 e. The second-order valence-corrected chi connectivity index (χ2v) is 7.66. The number of anilines is 2. The highest BCUT2D eigenvalue weighted by Crippen LogP contribution is 2.34. The predicted octanol–water partition coefficient (Wildman–Crippen LogP) is 4.73. The number of likely N-dealkylation sites (N-methyl/N-ethyl adjacent to an activating group) is 1. The summed E-state index contributed by atoms with van der Waals surface area (Å²) in [6.45, 7) is 3.12. The van der Waals surface area contributed by atoms with Gasteiger partial charge in [0.1, 0.15) is 18.1 Å². The van der Waals surface area contributed by atoms with Crippen molar-refractivity contribution in [2.24, 2.45) is 0 Å². The molecule has 0 spiro atoms. The summed E-state index contributed by atoms with van der Waals surface area (Å²) in [5.74, 6) is 1.46. The molecular formula is C25H29N3O3. The van der Waals surface area contributed by atoms with E-state index in [-0.39, 0.29) is 0 Å². The zero-order valence-electron chi connectivity index (χ0n) is 18.4. The van der Waals surface area contributed by atoms with Gasteiger partial charge in [0.15, 0.2) is 0 Å². The lowest BCUT2D eigenvalue weighted by Gasteiger charge is -2.22. The lowest BCUT2D eigenvalue weighted by Crippen LogP contribution is -2.23. The molecule has 2 heterocycles. The Morgan fingerprint density at radius 2 is 1.94 bits per heavy atom. The molecule has 0 aliphatic carbocycles. The standard InChI is InChI=1S/C25H29N3O3/c1-28-12-9-18(10-13-28)19-4-6-21-22(8-11-26-24(21)16-19)27-23-7-5-20(17-25(23)30-3)31-15-14-29-2/h4-9,11,16-17H,10,12-15H2,1-3H3,(H,26,27). The van der Waals surface area contributed by atoms with Crippen molar-refractivity contribution in [1.29, 1.82) is 0 Å². The van der Waals surface area contributed by atoms with Gasteiger partial charge in [0, 0.05) is 43.5 Å². The molecule has 2 aromatic carbocycles. The van der Waals surface area contributed by atoms with Crippen LogP contribution in [0, 0.1) is 0 Å². The van der Waals surface area contributed by atoms with E-state index in [0.717, 1.165) is 47.5 Å². The van der Waals surface area contributed by atoms with E-state index in [1.54, 1.807) is 14.2 Å². The number of hydrogen-bond donors (Lipinski definition) is 1. The first-order chi connectivity index (χ1) is 15.2. The summed E-state index contributed by atoms with van der Waals surface area (Å²) in [5, 5.41) is 4.57. The summed E-state index contributed by atoms with van der Waals surface area (Å²) in [6.07, 6.45) is 5.22. The number of fused-ring (bicyclic) bond motifs is 1. The molecule has 0 unspecified atom stereocenters. The van der Waals surface area contributed by atoms with Crippen molar-refractivity contribution in [2.75, 3.05) is 52.9 Å². The minimum Gasteiger partial charge on any atom is -0.494 e. The molecule has 1 aliphatic rings. The molecule has 0 atom stereocenters. The lowest BCUT2D eigenvalue weighted by molar-refractivity contribution is 0.146. The molecule has 0 radical (unpaired) electrons. The average Bonchev–Trinajstić information content (AvgIpc) is 2.80. The fourth-order valence-corrected chi connectivity index (χ4v) is 3.74. The average molecular weight is 420 g/mol. The van der Waals surface area contributed by atoms with E-state index in [1.807, 2.05) is 30.5 Å². The number of rotatable bonds is 8. The van der Waals surface area contributed by atoms with Crippen LogP contribution in [0.1, 0.15) is 12.0 Å². The zero-order valence-corrected chi connectivity index (χ0v) is 18.4. The maximum absolute atomic E-state index is 5.69. The first-order valence-electron chi connectivity index (χ1n) is 10.5. The molecule has 0 amide bonds. The third-order valence-corrected chi connectivity index (χ3v) is 5.52. The Balaban J connectivity index is 1.58. The number of methoxy groups -OCH3 is 2. The second-order valence-electron chi connectivity index (χ2n) is 7.66. The van der Waals surface area contributed by atoms with E-state index in [1.165, 1.54) is 11.1 Å². The van der Waals surface area contributed by atoms with Gasteiger partial charge in [0.25, 0.3) is 0 Å². The first-order valence-corrected chi connectivity index (χ1v) is 10.5. The highest BCUT2D eigenvalue weighted by atomic mass is 16.5. The molecule has 1 aromatic heterocycles. The van der Waals surface area contributed by atoms with Gasteiger partial charge in [0.2, 0.25) is 0 Å². The van der Waals surface area contributed by atoms with Crippen molar-refractivity contribution in [3.8, 4) is 11.5 Å². The Hall–Kier alpha value is -3.09. The van der Waals surface area contributed by atoms with Gasteiger partial charge in [-0.3, -0.25) is 4.98 Å². The molecule has 6 nitrogen and oxygen atoms in total. The largest absolute Gasteiger partial charge is 0.494 e. The molecule has 162 valence electrons. The van der Waals surface area contributed by atoms with Gasteiger partial charge in [-0.15, -0.1) is 0 Å². The molecular weight excluding hydrogens is 390 g/mol. The number of hydrogen-bond acceptors (Lipinski definition) is 6. The second kappa shape index (κ2) is 9.81. The SMILES string of the molecule is COCCOc1ccc(Nc2ccnc3cc(C4=CCN(C)CC4)ccc23)c(OC)c1. The van der Waals surface area contributed by atoms with Crippen LogP contribution in [0.3, 0.4) is 0 Å². The Bertz CT molecular complexity index is 1080. The number of nitrogens with one attached hydrogen (secondary N) is 1. The predicted molar refractivity (Wildman–Crippen MR) is 125 cm³/mol. The Morgan fingerprint density at radius 3 is 2.71 bits per heavy atom. The summed E-state index contributed by atoms with van der Waals surface area (Å²) in [4.78, 5) is 6.94. The van der Waals surface area contributed by atoms with Crippen molar-refractivity contribution < 1.29 is 14.2 Å². The number of benzene rings is 2. The van der Waals surface area contributed by atoms with Gasteiger partial charge >= 0.3 is 0 Å². The molecule has 0 saturated carbocycles. The maximum atomic E-state index is 5.69. The summed E-state index contributed by atoms with van der Waals surface area (Å²) in [7, 11) is 5.47. The van der Waals surface area contributed by atoms with Crippen LogP contribution >= 0.6 is 0 Å². The van der Waals surface area contributed by atoms with Crippen molar-refractivity contribution in [1.82, 2.24) is 9.88 Å². The van der Waals surface area contributed by atoms with Crippen LogP contribution in [-0.4, -0.2) is 57.5 Å². The number of pyridine rings is 1. The molecule has 31 heavy (non-hydrogen) atoms. The zero-order chi connectivity index (χ0) is 21.6. The van der Waals surface area contributed by atoms with Crippen LogP contribution in [-0.2, 0) is 4.74 Å². The van der Waals surface area contributed by atoms with Crippen molar-refractivity contribution in [3.63, 3.8) is 0 Å². The third kappa shape index (κ3) is 4.98. The molecule has 1 N–H and O–H groups in total. The minimum absolute atomic E-state index is 0.497. The molecule has 3 aromatic rings. The normalized spacial score (nSPS) is 14.4. The Morgan fingerprint density at radius 1 is 1.03 bits per heavy atom. The van der Waals surface area contributed by atoms with Gasteiger partial charge in [-0.25, -0.2) is 0 Å². The molecule has 0 fully saturated rings. The molecule has 1 aliphatic heterocycles. The van der Waals surface area contributed by atoms with Gasteiger partial charge in [0.05, 0.1) is 24.9 Å². The quantitative estimate of drug-likeness (QED) is 0.533. The molecule has 6 heteroatoms. The van der Waals surface area contributed by atoms with E-state index in [4.69, 9.17) is 14.2 Å². The van der Waals surface area contributed by atoms with Crippen molar-refractivity contribution >= 4 is 27.9 Å². The first kappa shape index (κ1) is 21.2. The summed E-state index contributed by atoms with van der Waals surface area (Å²) in [5.41, 5.74) is 5.48. The van der Waals surface area contributed by atoms with Crippen molar-refractivity contribution in [2.45, 2.75) is 6.42 Å². The number of nitrogens with zero attached hydrogens (tertiary/aromatic N) is 2. The van der Waals surface area contributed by atoms with E-state index in [2.05, 4.69) is 46.5 Å². The van der Waals surface area contributed by atoms with Gasteiger partial charge < -0.3 is 24.4 Å². The fourth-order valence-electron chi connectivity index (χ4n) is 3.74. The minimum atomic E-state index is 0.497. The third-order valence-electron chi connectivity index (χ3n) is 5.52. The topological polar surface area (TPSA) is 55.9 Å². The summed E-state index contributed by atoms with van der Waals surface area (Å²) >= 11 is 0. The van der Waals surface area contributed by atoms with E-state index >= 15 is 0 Å². The maximum Gasteiger partial charge on any atom is 0.145 e. The van der Waals surface area contributed by atoms with Crippen LogP contribution in [0.2, 0.25) is 0 Å². The Labute approximate surface area is 183 Å². The summed E-state index contributed by atoms with van der Waals surface area (Å²) < 4.78 is 16.3. The van der Waals surface area contributed by atoms with Crippen LogP contribution in [0.15, 0.2) is 54.7 Å². The fraction of sp³-hybridized carbons (Fsp3) is 0.320.